The predicted molar refractivity (Wildman–Crippen MR) is 58.3 cm³/mol. The van der Waals surface area contributed by atoms with Crippen LogP contribution in [0.5, 0.6) is 0 Å². The molecule has 2 heterocycles. The topological polar surface area (TPSA) is 21.3 Å². The quantitative estimate of drug-likeness (QED) is 0.744. The Hall–Kier alpha value is -0.0800. The van der Waals surface area contributed by atoms with Crippen molar-refractivity contribution in [1.82, 2.24) is 5.32 Å². The van der Waals surface area contributed by atoms with Crippen LogP contribution in [0, 0.1) is 17.3 Å². The van der Waals surface area contributed by atoms with Gasteiger partial charge in [-0.1, -0.05) is 27.2 Å². The van der Waals surface area contributed by atoms with Gasteiger partial charge in [-0.3, -0.25) is 0 Å². The Kier molecular flexibility index (Phi) is 2.85. The molecule has 2 fully saturated rings. The minimum absolute atomic E-state index is 0.468. The maximum Gasteiger partial charge on any atom is 0.0544 e. The minimum Gasteiger partial charge on any atom is -0.380 e. The Morgan fingerprint density at radius 2 is 2.21 bits per heavy atom. The van der Waals surface area contributed by atoms with Gasteiger partial charge in [0.15, 0.2) is 0 Å². The first kappa shape index (κ1) is 10.4. The number of rotatable bonds is 4. The van der Waals surface area contributed by atoms with Crippen LogP contribution in [0.15, 0.2) is 0 Å². The van der Waals surface area contributed by atoms with Gasteiger partial charge in [0.05, 0.1) is 13.2 Å². The summed E-state index contributed by atoms with van der Waals surface area (Å²) >= 11 is 0. The van der Waals surface area contributed by atoms with Crippen molar-refractivity contribution < 1.29 is 4.74 Å². The van der Waals surface area contributed by atoms with Crippen molar-refractivity contribution in [2.24, 2.45) is 17.3 Å². The monoisotopic (exact) mass is 197 g/mol. The molecular weight excluding hydrogens is 174 g/mol. The van der Waals surface area contributed by atoms with Gasteiger partial charge in [0.25, 0.3) is 0 Å². The highest BCUT2D eigenvalue weighted by atomic mass is 16.5. The zero-order chi connectivity index (χ0) is 10.2. The van der Waals surface area contributed by atoms with E-state index in [4.69, 9.17) is 4.74 Å². The van der Waals surface area contributed by atoms with Crippen molar-refractivity contribution in [3.05, 3.63) is 0 Å². The van der Waals surface area contributed by atoms with Crippen LogP contribution in [0.2, 0.25) is 0 Å². The van der Waals surface area contributed by atoms with Crippen molar-refractivity contribution in [1.29, 1.82) is 0 Å². The average Bonchev–Trinajstić information content (AvgIpc) is 2.09. The van der Waals surface area contributed by atoms with Crippen LogP contribution in [-0.2, 0) is 4.74 Å². The van der Waals surface area contributed by atoms with Crippen LogP contribution in [0.4, 0.5) is 0 Å². The molecule has 0 aromatic heterocycles. The highest BCUT2D eigenvalue weighted by molar-refractivity contribution is 4.93. The lowest BCUT2D eigenvalue weighted by atomic mass is 9.71. The minimum atomic E-state index is 0.468. The lowest BCUT2D eigenvalue weighted by molar-refractivity contribution is -0.135. The van der Waals surface area contributed by atoms with Crippen molar-refractivity contribution in [3.63, 3.8) is 0 Å². The third kappa shape index (κ3) is 1.70. The molecule has 2 aliphatic heterocycles. The van der Waals surface area contributed by atoms with Crippen LogP contribution in [0.1, 0.15) is 33.6 Å². The first-order chi connectivity index (χ1) is 6.65. The number of hydrogen-bond donors (Lipinski definition) is 1. The molecule has 3 atom stereocenters. The number of ether oxygens (including phenoxy) is 1. The second-order valence-electron chi connectivity index (χ2n) is 5.47. The van der Waals surface area contributed by atoms with E-state index in [1.54, 1.807) is 0 Å². The fourth-order valence-corrected chi connectivity index (χ4v) is 2.53. The maximum absolute atomic E-state index is 5.32. The number of hydrogen-bond acceptors (Lipinski definition) is 2. The smallest absolute Gasteiger partial charge is 0.0544 e. The van der Waals surface area contributed by atoms with E-state index in [9.17, 15) is 0 Å². The number of nitrogens with one attached hydrogen (secondary N) is 1. The molecule has 1 N–H and O–H groups in total. The fourth-order valence-electron chi connectivity index (χ4n) is 2.53. The molecule has 0 aromatic rings. The lowest BCUT2D eigenvalue weighted by Gasteiger charge is -2.47. The van der Waals surface area contributed by atoms with Gasteiger partial charge in [0.2, 0.25) is 0 Å². The van der Waals surface area contributed by atoms with E-state index in [0.29, 0.717) is 5.41 Å². The Labute approximate surface area is 87.4 Å². The van der Waals surface area contributed by atoms with Gasteiger partial charge in [-0.15, -0.1) is 0 Å². The Balaban J connectivity index is 1.79. The highest BCUT2D eigenvalue weighted by Gasteiger charge is 2.41. The Bertz CT molecular complexity index is 198. The second-order valence-corrected chi connectivity index (χ2v) is 5.47. The summed E-state index contributed by atoms with van der Waals surface area (Å²) in [7, 11) is 0. The highest BCUT2D eigenvalue weighted by Crippen LogP contribution is 2.39. The molecule has 2 nitrogen and oxygen atoms in total. The molecule has 0 aromatic carbocycles. The third-order valence-electron chi connectivity index (χ3n) is 4.40. The van der Waals surface area contributed by atoms with Crippen molar-refractivity contribution >= 4 is 0 Å². The molecule has 2 aliphatic rings. The van der Waals surface area contributed by atoms with Gasteiger partial charge in [0, 0.05) is 11.5 Å². The summed E-state index contributed by atoms with van der Waals surface area (Å²) < 4.78 is 5.32. The van der Waals surface area contributed by atoms with E-state index in [1.807, 2.05) is 0 Å². The summed E-state index contributed by atoms with van der Waals surface area (Å²) in [5.41, 5.74) is 0.468. The van der Waals surface area contributed by atoms with Gasteiger partial charge in [-0.05, 0) is 24.8 Å². The summed E-state index contributed by atoms with van der Waals surface area (Å²) in [5.74, 6) is 1.73. The molecular formula is C12H23NO. The van der Waals surface area contributed by atoms with Crippen LogP contribution in [-0.4, -0.2) is 25.8 Å². The molecule has 2 heteroatoms. The third-order valence-corrected chi connectivity index (χ3v) is 4.40. The zero-order valence-corrected chi connectivity index (χ0v) is 9.68. The van der Waals surface area contributed by atoms with E-state index < -0.39 is 0 Å². The maximum atomic E-state index is 5.32. The molecule has 2 rings (SSSR count). The Morgan fingerprint density at radius 1 is 1.50 bits per heavy atom. The molecule has 14 heavy (non-hydrogen) atoms. The Morgan fingerprint density at radius 3 is 2.57 bits per heavy atom. The van der Waals surface area contributed by atoms with Crippen LogP contribution < -0.4 is 5.32 Å². The first-order valence-corrected chi connectivity index (χ1v) is 5.97. The van der Waals surface area contributed by atoms with E-state index in [0.717, 1.165) is 31.1 Å². The molecule has 0 aliphatic carbocycles. The van der Waals surface area contributed by atoms with E-state index >= 15 is 0 Å². The summed E-state index contributed by atoms with van der Waals surface area (Å²) in [5, 5.41) is 3.56. The molecule has 0 saturated carbocycles. The molecule has 0 spiro atoms. The van der Waals surface area contributed by atoms with Crippen LogP contribution in [0.25, 0.3) is 0 Å². The second kappa shape index (κ2) is 3.82. The fraction of sp³-hybridized carbons (Fsp3) is 1.00. The molecule has 2 saturated heterocycles. The van der Waals surface area contributed by atoms with E-state index in [-0.39, 0.29) is 0 Å². The normalized spacial score (nSPS) is 37.1. The van der Waals surface area contributed by atoms with E-state index in [1.165, 1.54) is 19.4 Å². The standard InChI is InChI=1S/C12H23NO/c1-4-10-6-13-11(10)5-9(2)12(3)7-14-8-12/h9-11,13H,4-8H2,1-3H3. The molecule has 0 radical (unpaired) electrons. The van der Waals surface area contributed by atoms with Crippen LogP contribution in [0.3, 0.4) is 0 Å². The molecule has 3 unspecified atom stereocenters. The van der Waals surface area contributed by atoms with Crippen molar-refractivity contribution in [2.45, 2.75) is 39.7 Å². The molecule has 0 bridgehead atoms. The molecule has 82 valence electrons. The molecule has 0 amide bonds. The predicted octanol–water partition coefficient (Wildman–Crippen LogP) is 2.05. The van der Waals surface area contributed by atoms with Crippen molar-refractivity contribution in [3.8, 4) is 0 Å². The summed E-state index contributed by atoms with van der Waals surface area (Å²) in [6.07, 6.45) is 2.66. The van der Waals surface area contributed by atoms with Gasteiger partial charge in [-0.2, -0.15) is 0 Å². The SMILES string of the molecule is CCC1CNC1CC(C)C1(C)COC1. The lowest BCUT2D eigenvalue weighted by Crippen LogP contribution is -2.55. The summed E-state index contributed by atoms with van der Waals surface area (Å²) in [6.45, 7) is 10.2. The van der Waals surface area contributed by atoms with Crippen LogP contribution >= 0.6 is 0 Å². The van der Waals surface area contributed by atoms with Gasteiger partial charge < -0.3 is 10.1 Å². The summed E-state index contributed by atoms with van der Waals surface area (Å²) in [4.78, 5) is 0. The van der Waals surface area contributed by atoms with Gasteiger partial charge in [-0.25, -0.2) is 0 Å². The zero-order valence-electron chi connectivity index (χ0n) is 9.68. The van der Waals surface area contributed by atoms with Crippen molar-refractivity contribution in [2.75, 3.05) is 19.8 Å². The van der Waals surface area contributed by atoms with E-state index in [2.05, 4.69) is 26.1 Å². The largest absolute Gasteiger partial charge is 0.380 e. The first-order valence-electron chi connectivity index (χ1n) is 5.97. The van der Waals surface area contributed by atoms with Gasteiger partial charge >= 0.3 is 0 Å². The summed E-state index contributed by atoms with van der Waals surface area (Å²) in [6, 6.07) is 0.785. The average molecular weight is 197 g/mol. The van der Waals surface area contributed by atoms with Gasteiger partial charge in [0.1, 0.15) is 0 Å².